The molecule has 0 aliphatic carbocycles. The number of aliphatic hydroxyl groups excluding tert-OH is 1. The van der Waals surface area contributed by atoms with Crippen LogP contribution in [-0.2, 0) is 14.2 Å². The van der Waals surface area contributed by atoms with Crippen LogP contribution in [0.3, 0.4) is 0 Å². The molecular formula is C25H24ClN3O5. The molecule has 3 fully saturated rings. The van der Waals surface area contributed by atoms with Gasteiger partial charge in [-0.25, -0.2) is 0 Å². The largest absolute Gasteiger partial charge is 0.469 e. The van der Waals surface area contributed by atoms with Crippen molar-refractivity contribution in [2.45, 2.75) is 24.4 Å². The number of halogens is 1. The highest BCUT2D eigenvalue weighted by atomic mass is 35.5. The standard InChI is InChI=1S/C25H24ClN3O5/c26-19-10-20-17(9-16(19)14-1-3-15(4-2-14)29-5-7-31-8-6-29)18(11-27)25(28-20)34-22-13-33-23-21(30)12-32-24(22)23/h1-4,9-10,21-24,28,30H,5-8,12-13H2/t21-,22-,23-,24-/m1/s1. The summed E-state index contributed by atoms with van der Waals surface area (Å²) < 4.78 is 22.8. The second-order valence-corrected chi connectivity index (χ2v) is 9.19. The van der Waals surface area contributed by atoms with Crippen LogP contribution < -0.4 is 9.64 Å². The summed E-state index contributed by atoms with van der Waals surface area (Å²) in [5.74, 6) is 0.354. The minimum atomic E-state index is -0.659. The van der Waals surface area contributed by atoms with Gasteiger partial charge in [0.15, 0.2) is 6.10 Å². The first-order valence-corrected chi connectivity index (χ1v) is 11.8. The van der Waals surface area contributed by atoms with Crippen molar-refractivity contribution in [1.29, 1.82) is 5.26 Å². The number of nitrogens with one attached hydrogen (secondary N) is 1. The third-order valence-corrected chi connectivity index (χ3v) is 7.08. The van der Waals surface area contributed by atoms with Crippen LogP contribution >= 0.6 is 11.6 Å². The zero-order chi connectivity index (χ0) is 23.2. The van der Waals surface area contributed by atoms with Gasteiger partial charge < -0.3 is 33.9 Å². The molecule has 2 N–H and O–H groups in total. The first-order valence-electron chi connectivity index (χ1n) is 11.4. The highest BCUT2D eigenvalue weighted by Crippen LogP contribution is 2.38. The number of nitriles is 1. The quantitative estimate of drug-likeness (QED) is 0.590. The number of ether oxygens (including phenoxy) is 4. The summed E-state index contributed by atoms with van der Waals surface area (Å²) in [6, 6.07) is 14.3. The van der Waals surface area contributed by atoms with Gasteiger partial charge in [0.05, 0.1) is 37.0 Å². The molecule has 3 aliphatic heterocycles. The summed E-state index contributed by atoms with van der Waals surface area (Å²) in [5, 5.41) is 21.2. The molecule has 4 atom stereocenters. The maximum atomic E-state index is 9.97. The lowest BCUT2D eigenvalue weighted by molar-refractivity contribution is 0.00789. The summed E-state index contributed by atoms with van der Waals surface area (Å²) in [7, 11) is 0. The van der Waals surface area contributed by atoms with E-state index >= 15 is 0 Å². The molecule has 0 bridgehead atoms. The van der Waals surface area contributed by atoms with E-state index in [9.17, 15) is 10.4 Å². The Morgan fingerprint density at radius 1 is 1.09 bits per heavy atom. The topological polar surface area (TPSA) is 100.0 Å². The first-order chi connectivity index (χ1) is 16.6. The number of hydrogen-bond acceptors (Lipinski definition) is 7. The Hall–Kier alpha value is -2.80. The predicted octanol–water partition coefficient (Wildman–Crippen LogP) is 3.10. The Morgan fingerprint density at radius 3 is 2.62 bits per heavy atom. The van der Waals surface area contributed by atoms with Crippen molar-refractivity contribution in [2.75, 3.05) is 44.4 Å². The Morgan fingerprint density at radius 2 is 1.85 bits per heavy atom. The number of fused-ring (bicyclic) bond motifs is 2. The number of morpholine rings is 1. The number of rotatable bonds is 4. The molecule has 0 spiro atoms. The van der Waals surface area contributed by atoms with Crippen LogP contribution in [0.15, 0.2) is 36.4 Å². The normalized spacial score (nSPS) is 26.6. The molecule has 0 saturated carbocycles. The lowest BCUT2D eigenvalue weighted by Crippen LogP contribution is -2.36. The van der Waals surface area contributed by atoms with Crippen molar-refractivity contribution in [3.8, 4) is 23.1 Å². The lowest BCUT2D eigenvalue weighted by Gasteiger charge is -2.29. The second kappa shape index (κ2) is 8.77. The number of benzene rings is 2. The predicted molar refractivity (Wildman–Crippen MR) is 126 cm³/mol. The minimum Gasteiger partial charge on any atom is -0.469 e. The molecular weight excluding hydrogens is 458 g/mol. The van der Waals surface area contributed by atoms with Crippen molar-refractivity contribution in [3.05, 3.63) is 47.0 Å². The van der Waals surface area contributed by atoms with Gasteiger partial charge in [-0.3, -0.25) is 0 Å². The van der Waals surface area contributed by atoms with Crippen molar-refractivity contribution < 1.29 is 24.1 Å². The molecule has 2 aromatic carbocycles. The SMILES string of the molecule is N#Cc1c(O[C@@H]2CO[C@H]3[C@@H]2OC[C@H]3O)[nH]c2cc(Cl)c(-c3ccc(N4CCOCC4)cc3)cc12. The molecule has 0 amide bonds. The third kappa shape index (κ3) is 3.70. The van der Waals surface area contributed by atoms with Crippen LogP contribution in [0.25, 0.3) is 22.0 Å². The number of anilines is 1. The molecule has 3 saturated heterocycles. The van der Waals surface area contributed by atoms with E-state index in [1.54, 1.807) is 0 Å². The zero-order valence-corrected chi connectivity index (χ0v) is 19.1. The monoisotopic (exact) mass is 481 g/mol. The van der Waals surface area contributed by atoms with Crippen LogP contribution in [0.2, 0.25) is 5.02 Å². The van der Waals surface area contributed by atoms with Gasteiger partial charge in [-0.15, -0.1) is 0 Å². The lowest BCUT2D eigenvalue weighted by atomic mass is 10.0. The highest BCUT2D eigenvalue weighted by molar-refractivity contribution is 6.34. The zero-order valence-electron chi connectivity index (χ0n) is 18.4. The average molecular weight is 482 g/mol. The molecule has 9 heteroatoms. The highest BCUT2D eigenvalue weighted by Gasteiger charge is 2.48. The van der Waals surface area contributed by atoms with Crippen molar-refractivity contribution in [2.24, 2.45) is 0 Å². The second-order valence-electron chi connectivity index (χ2n) is 8.78. The van der Waals surface area contributed by atoms with Gasteiger partial charge in [0.2, 0.25) is 5.88 Å². The summed E-state index contributed by atoms with van der Waals surface area (Å²) in [6.45, 7) is 3.73. The van der Waals surface area contributed by atoms with Crippen LogP contribution in [0.5, 0.6) is 5.88 Å². The molecule has 1 aromatic heterocycles. The molecule has 0 unspecified atom stereocenters. The average Bonchev–Trinajstić information content (AvgIpc) is 3.54. The molecule has 4 heterocycles. The smallest absolute Gasteiger partial charge is 0.210 e. The first kappa shape index (κ1) is 21.7. The molecule has 3 aliphatic rings. The Balaban J connectivity index is 1.30. The fourth-order valence-electron chi connectivity index (χ4n) is 4.98. The van der Waals surface area contributed by atoms with Crippen LogP contribution in [0, 0.1) is 11.3 Å². The van der Waals surface area contributed by atoms with Crippen LogP contribution in [0.1, 0.15) is 5.56 Å². The van der Waals surface area contributed by atoms with Gasteiger partial charge in [-0.05, 0) is 29.8 Å². The Labute approximate surface area is 201 Å². The molecule has 3 aromatic rings. The van der Waals surface area contributed by atoms with E-state index in [1.165, 1.54) is 0 Å². The van der Waals surface area contributed by atoms with E-state index in [4.69, 9.17) is 30.5 Å². The maximum absolute atomic E-state index is 9.97. The number of hydrogen-bond donors (Lipinski definition) is 2. The number of nitrogens with zero attached hydrogens (tertiary/aromatic N) is 2. The molecule has 6 rings (SSSR count). The minimum absolute atomic E-state index is 0.219. The number of H-pyrrole nitrogens is 1. The van der Waals surface area contributed by atoms with Gasteiger partial charge in [0.25, 0.3) is 0 Å². The third-order valence-electron chi connectivity index (χ3n) is 6.77. The van der Waals surface area contributed by atoms with Gasteiger partial charge in [-0.2, -0.15) is 5.26 Å². The number of aromatic nitrogens is 1. The van der Waals surface area contributed by atoms with E-state index in [1.807, 2.05) is 24.3 Å². The number of aliphatic hydroxyl groups is 1. The van der Waals surface area contributed by atoms with Crippen molar-refractivity contribution in [3.63, 3.8) is 0 Å². The van der Waals surface area contributed by atoms with E-state index in [0.29, 0.717) is 22.0 Å². The van der Waals surface area contributed by atoms with Crippen molar-refractivity contribution in [1.82, 2.24) is 4.98 Å². The molecule has 0 radical (unpaired) electrons. The van der Waals surface area contributed by atoms with E-state index in [-0.39, 0.29) is 19.3 Å². The van der Waals surface area contributed by atoms with Gasteiger partial charge >= 0.3 is 0 Å². The van der Waals surface area contributed by atoms with Gasteiger partial charge in [-0.1, -0.05) is 23.7 Å². The van der Waals surface area contributed by atoms with Crippen LogP contribution in [0.4, 0.5) is 5.69 Å². The van der Waals surface area contributed by atoms with E-state index in [0.717, 1.165) is 48.5 Å². The molecule has 34 heavy (non-hydrogen) atoms. The Kier molecular flexibility index (Phi) is 5.60. The maximum Gasteiger partial charge on any atom is 0.210 e. The van der Waals surface area contributed by atoms with Crippen molar-refractivity contribution >= 4 is 28.2 Å². The summed E-state index contributed by atoms with van der Waals surface area (Å²) in [4.78, 5) is 5.48. The summed E-state index contributed by atoms with van der Waals surface area (Å²) in [6.07, 6.45) is -1.84. The van der Waals surface area contributed by atoms with Crippen LogP contribution in [-0.4, -0.2) is 74.0 Å². The molecule has 8 nitrogen and oxygen atoms in total. The van der Waals surface area contributed by atoms with Gasteiger partial charge in [0.1, 0.15) is 29.9 Å². The molecule has 176 valence electrons. The Bertz CT molecular complexity index is 1250. The van der Waals surface area contributed by atoms with E-state index < -0.39 is 18.3 Å². The summed E-state index contributed by atoms with van der Waals surface area (Å²) in [5.41, 5.74) is 4.08. The fraction of sp³-hybridized carbons (Fsp3) is 0.400. The number of aromatic amines is 1. The van der Waals surface area contributed by atoms with E-state index in [2.05, 4.69) is 28.1 Å². The fourth-order valence-corrected chi connectivity index (χ4v) is 5.25. The van der Waals surface area contributed by atoms with Gasteiger partial charge in [0, 0.05) is 29.7 Å². The summed E-state index contributed by atoms with van der Waals surface area (Å²) >= 11 is 6.65.